The number of nitrogens with one attached hydrogen (secondary N) is 2. The van der Waals surface area contributed by atoms with Crippen LogP contribution in [0.3, 0.4) is 0 Å². The number of hydrogen-bond donors (Lipinski definition) is 3. The summed E-state index contributed by atoms with van der Waals surface area (Å²) in [5.41, 5.74) is 3.18. The van der Waals surface area contributed by atoms with Crippen LogP contribution in [0.5, 0.6) is 11.8 Å². The summed E-state index contributed by atoms with van der Waals surface area (Å²) in [6.07, 6.45) is 3.69. The van der Waals surface area contributed by atoms with Gasteiger partial charge in [-0.3, -0.25) is 0 Å². The van der Waals surface area contributed by atoms with E-state index in [1.54, 1.807) is 19.4 Å². The van der Waals surface area contributed by atoms with E-state index in [2.05, 4.69) is 20.6 Å². The summed E-state index contributed by atoms with van der Waals surface area (Å²) in [4.78, 5) is 18.2. The Morgan fingerprint density at radius 2 is 2.03 bits per heavy atom. The predicted molar refractivity (Wildman–Crippen MR) is 128 cm³/mol. The van der Waals surface area contributed by atoms with Gasteiger partial charge in [-0.05, 0) is 32.5 Å². The Labute approximate surface area is 198 Å². The molecule has 0 bridgehead atoms. The molecule has 4 rings (SSSR count). The molecule has 1 unspecified atom stereocenters. The summed E-state index contributed by atoms with van der Waals surface area (Å²) >= 11 is 0. The normalized spacial score (nSPS) is 16.3. The number of aliphatic hydroxyl groups is 1. The van der Waals surface area contributed by atoms with E-state index in [-0.39, 0.29) is 12.6 Å². The van der Waals surface area contributed by atoms with E-state index in [1.807, 2.05) is 31.2 Å². The molecule has 3 heterocycles. The molecule has 10 heteroatoms. The molecule has 2 atom stereocenters. The standard InChI is InChI=1S/C24H30N6O4/c1-15-21(17-10-26-24(32-3)27-11-17)29-23(30-22(15)28-18-7-8-33-13-18)16-5-4-6-20(9-16)34-14-19(31)12-25-2/h4-6,9-11,18-19,25,31H,7-8,12-14H2,1-3H3,(H,28,29,30)/t18-,19?/m1/s1. The molecular weight excluding hydrogens is 436 g/mol. The second kappa shape index (κ2) is 11.2. The summed E-state index contributed by atoms with van der Waals surface area (Å²) in [7, 11) is 3.31. The molecule has 0 saturated carbocycles. The zero-order valence-electron chi connectivity index (χ0n) is 19.6. The Morgan fingerprint density at radius 1 is 1.21 bits per heavy atom. The number of ether oxygens (including phenoxy) is 3. The van der Waals surface area contributed by atoms with E-state index >= 15 is 0 Å². The van der Waals surface area contributed by atoms with Crippen molar-refractivity contribution in [2.45, 2.75) is 25.5 Å². The van der Waals surface area contributed by atoms with Crippen molar-refractivity contribution in [3.8, 4) is 34.4 Å². The minimum Gasteiger partial charge on any atom is -0.491 e. The Kier molecular flexibility index (Phi) is 7.84. The van der Waals surface area contributed by atoms with Gasteiger partial charge < -0.3 is 30.0 Å². The number of aromatic nitrogens is 4. The molecular formula is C24H30N6O4. The lowest BCUT2D eigenvalue weighted by molar-refractivity contribution is 0.108. The van der Waals surface area contributed by atoms with Gasteiger partial charge in [-0.15, -0.1) is 0 Å². The summed E-state index contributed by atoms with van der Waals surface area (Å²) in [6.45, 7) is 3.98. The highest BCUT2D eigenvalue weighted by Gasteiger charge is 2.20. The van der Waals surface area contributed by atoms with Crippen molar-refractivity contribution in [3.05, 3.63) is 42.2 Å². The molecule has 3 aromatic rings. The van der Waals surface area contributed by atoms with Gasteiger partial charge in [0, 0.05) is 42.2 Å². The van der Waals surface area contributed by atoms with E-state index in [4.69, 9.17) is 24.2 Å². The van der Waals surface area contributed by atoms with E-state index in [0.29, 0.717) is 30.7 Å². The predicted octanol–water partition coefficient (Wildman–Crippen LogP) is 2.08. The van der Waals surface area contributed by atoms with Crippen LogP contribution in [0, 0.1) is 6.92 Å². The van der Waals surface area contributed by atoms with E-state index in [1.165, 1.54) is 7.11 Å². The van der Waals surface area contributed by atoms with Crippen LogP contribution in [0.25, 0.3) is 22.6 Å². The third-order valence-corrected chi connectivity index (χ3v) is 5.47. The van der Waals surface area contributed by atoms with E-state index < -0.39 is 6.10 Å². The Balaban J connectivity index is 1.69. The topological polar surface area (TPSA) is 124 Å². The number of nitrogens with zero attached hydrogens (tertiary/aromatic N) is 4. The van der Waals surface area contributed by atoms with Crippen molar-refractivity contribution in [1.82, 2.24) is 25.3 Å². The quantitative estimate of drug-likeness (QED) is 0.409. The minimum atomic E-state index is -0.601. The third kappa shape index (κ3) is 5.77. The molecule has 1 saturated heterocycles. The summed E-state index contributed by atoms with van der Waals surface area (Å²) in [6, 6.07) is 8.00. The van der Waals surface area contributed by atoms with E-state index in [9.17, 15) is 5.11 Å². The van der Waals surface area contributed by atoms with Crippen molar-refractivity contribution in [2.75, 3.05) is 45.8 Å². The number of hydrogen-bond acceptors (Lipinski definition) is 10. The first kappa shape index (κ1) is 23.8. The van der Waals surface area contributed by atoms with E-state index in [0.717, 1.165) is 41.2 Å². The first-order valence-corrected chi connectivity index (χ1v) is 11.2. The summed E-state index contributed by atoms with van der Waals surface area (Å²) < 4.78 is 16.4. The maximum atomic E-state index is 9.95. The first-order chi connectivity index (χ1) is 16.6. The lowest BCUT2D eigenvalue weighted by Crippen LogP contribution is -2.29. The molecule has 1 aromatic carbocycles. The van der Waals surface area contributed by atoms with Crippen molar-refractivity contribution in [1.29, 1.82) is 0 Å². The molecule has 1 aliphatic heterocycles. The van der Waals surface area contributed by atoms with Gasteiger partial charge in [0.25, 0.3) is 0 Å². The molecule has 0 aliphatic carbocycles. The van der Waals surface area contributed by atoms with Gasteiger partial charge >= 0.3 is 6.01 Å². The lowest BCUT2D eigenvalue weighted by Gasteiger charge is -2.17. The molecule has 3 N–H and O–H groups in total. The van der Waals surface area contributed by atoms with Crippen molar-refractivity contribution in [3.63, 3.8) is 0 Å². The van der Waals surface area contributed by atoms with Gasteiger partial charge in [0.15, 0.2) is 5.82 Å². The van der Waals surface area contributed by atoms with Gasteiger partial charge in [-0.25, -0.2) is 19.9 Å². The SMILES string of the molecule is CNCC(O)COc1cccc(-c2nc(N[C@@H]3CCOC3)c(C)c(-c3cnc(OC)nc3)n2)c1. The van der Waals surface area contributed by atoms with Crippen LogP contribution >= 0.6 is 0 Å². The molecule has 2 aromatic heterocycles. The average molecular weight is 467 g/mol. The number of likely N-dealkylation sites (N-methyl/N-ethyl adjacent to an activating group) is 1. The van der Waals surface area contributed by atoms with Crippen LogP contribution in [0.15, 0.2) is 36.7 Å². The fraction of sp³-hybridized carbons (Fsp3) is 0.417. The maximum Gasteiger partial charge on any atom is 0.316 e. The zero-order valence-corrected chi connectivity index (χ0v) is 19.6. The highest BCUT2D eigenvalue weighted by atomic mass is 16.5. The van der Waals surface area contributed by atoms with Crippen LogP contribution in [-0.2, 0) is 4.74 Å². The number of aliphatic hydroxyl groups excluding tert-OH is 1. The number of methoxy groups -OCH3 is 1. The van der Waals surface area contributed by atoms with Gasteiger partial charge in [0.2, 0.25) is 0 Å². The van der Waals surface area contributed by atoms with Gasteiger partial charge in [0.05, 0.1) is 25.5 Å². The fourth-order valence-electron chi connectivity index (χ4n) is 3.66. The largest absolute Gasteiger partial charge is 0.491 e. The first-order valence-electron chi connectivity index (χ1n) is 11.2. The van der Waals surface area contributed by atoms with Crippen LogP contribution in [0.1, 0.15) is 12.0 Å². The third-order valence-electron chi connectivity index (χ3n) is 5.47. The Hall–Kier alpha value is -3.34. The van der Waals surface area contributed by atoms with Crippen molar-refractivity contribution >= 4 is 5.82 Å². The molecule has 0 radical (unpaired) electrons. The molecule has 180 valence electrons. The Morgan fingerprint density at radius 3 is 2.74 bits per heavy atom. The number of rotatable bonds is 10. The molecule has 10 nitrogen and oxygen atoms in total. The molecule has 0 amide bonds. The van der Waals surface area contributed by atoms with Gasteiger partial charge in [0.1, 0.15) is 24.3 Å². The Bertz CT molecular complexity index is 1090. The monoisotopic (exact) mass is 466 g/mol. The fourth-order valence-corrected chi connectivity index (χ4v) is 3.66. The highest BCUT2D eigenvalue weighted by molar-refractivity contribution is 5.71. The molecule has 1 aliphatic rings. The highest BCUT2D eigenvalue weighted by Crippen LogP contribution is 2.31. The summed E-state index contributed by atoms with van der Waals surface area (Å²) in [5, 5.41) is 16.4. The number of benzene rings is 1. The second-order valence-electron chi connectivity index (χ2n) is 8.08. The van der Waals surface area contributed by atoms with Crippen LogP contribution in [0.4, 0.5) is 5.82 Å². The molecule has 34 heavy (non-hydrogen) atoms. The van der Waals surface area contributed by atoms with Crippen LogP contribution in [0.2, 0.25) is 0 Å². The lowest BCUT2D eigenvalue weighted by atomic mass is 10.1. The maximum absolute atomic E-state index is 9.95. The molecule has 1 fully saturated rings. The van der Waals surface area contributed by atoms with Crippen LogP contribution in [-0.4, -0.2) is 77.7 Å². The minimum absolute atomic E-state index is 0.183. The van der Waals surface area contributed by atoms with Crippen molar-refractivity contribution in [2.24, 2.45) is 0 Å². The smallest absolute Gasteiger partial charge is 0.316 e. The number of anilines is 1. The molecule has 0 spiro atoms. The second-order valence-corrected chi connectivity index (χ2v) is 8.08. The zero-order chi connectivity index (χ0) is 23.9. The summed E-state index contributed by atoms with van der Waals surface area (Å²) in [5.74, 6) is 1.91. The average Bonchev–Trinajstić information content (AvgIpc) is 3.38. The van der Waals surface area contributed by atoms with Crippen LogP contribution < -0.4 is 20.1 Å². The van der Waals surface area contributed by atoms with Crippen molar-refractivity contribution < 1.29 is 19.3 Å². The van der Waals surface area contributed by atoms with Gasteiger partial charge in [-0.2, -0.15) is 0 Å². The van der Waals surface area contributed by atoms with Gasteiger partial charge in [-0.1, -0.05) is 12.1 Å².